The molecule has 1 atom stereocenters. The molecule has 2 nitrogen and oxygen atoms in total. The minimum Gasteiger partial charge on any atom is -0.462 e. The average Bonchev–Trinajstić information content (AvgIpc) is 2.48. The molecule has 20 heavy (non-hydrogen) atoms. The zero-order valence-electron chi connectivity index (χ0n) is 11.9. The topological polar surface area (TPSA) is 26.3 Å². The smallest absolute Gasteiger partial charge is 0.333 e. The van der Waals surface area contributed by atoms with E-state index in [1.807, 2.05) is 18.2 Å². The standard InChI is InChI=1S/C17H21ClO2/c1-2-3-12-20-17(19)15-6-4-13(5-7-15)14-8-10-16(18)11-9-14/h6,8-11,13H,2-5,7,12H2,1H3. The molecular formula is C17H21ClO2. The molecule has 0 bridgehead atoms. The Labute approximate surface area is 125 Å². The number of allylic oxidation sites excluding steroid dienone is 1. The normalized spacial score (nSPS) is 18.5. The van der Waals surface area contributed by atoms with Crippen LogP contribution in [-0.2, 0) is 9.53 Å². The number of unbranched alkanes of at least 4 members (excludes halogenated alkanes) is 1. The van der Waals surface area contributed by atoms with Gasteiger partial charge in [0, 0.05) is 10.6 Å². The highest BCUT2D eigenvalue weighted by Gasteiger charge is 2.20. The van der Waals surface area contributed by atoms with Crippen LogP contribution in [0.15, 0.2) is 35.9 Å². The summed E-state index contributed by atoms with van der Waals surface area (Å²) in [5.41, 5.74) is 2.13. The summed E-state index contributed by atoms with van der Waals surface area (Å²) in [6, 6.07) is 8.00. The molecule has 0 amide bonds. The van der Waals surface area contributed by atoms with Crippen molar-refractivity contribution in [3.8, 4) is 0 Å². The maximum absolute atomic E-state index is 11.9. The molecule has 1 aliphatic rings. The summed E-state index contributed by atoms with van der Waals surface area (Å²) >= 11 is 5.90. The highest BCUT2D eigenvalue weighted by Crippen LogP contribution is 2.32. The summed E-state index contributed by atoms with van der Waals surface area (Å²) < 4.78 is 5.25. The van der Waals surface area contributed by atoms with E-state index < -0.39 is 0 Å². The molecule has 0 saturated carbocycles. The summed E-state index contributed by atoms with van der Waals surface area (Å²) in [6.07, 6.45) is 6.73. The van der Waals surface area contributed by atoms with Crippen LogP contribution in [0.5, 0.6) is 0 Å². The van der Waals surface area contributed by atoms with Crippen molar-refractivity contribution in [2.45, 2.75) is 44.9 Å². The summed E-state index contributed by atoms with van der Waals surface area (Å²) in [5.74, 6) is 0.354. The fourth-order valence-electron chi connectivity index (χ4n) is 2.46. The highest BCUT2D eigenvalue weighted by molar-refractivity contribution is 6.30. The van der Waals surface area contributed by atoms with Crippen LogP contribution in [0.3, 0.4) is 0 Å². The number of hydrogen-bond acceptors (Lipinski definition) is 2. The summed E-state index contributed by atoms with van der Waals surface area (Å²) in [6.45, 7) is 2.62. The third-order valence-corrected chi connectivity index (χ3v) is 4.00. The van der Waals surface area contributed by atoms with E-state index in [9.17, 15) is 4.79 Å². The molecular weight excluding hydrogens is 272 g/mol. The molecule has 0 saturated heterocycles. The quantitative estimate of drug-likeness (QED) is 0.571. The average molecular weight is 293 g/mol. The van der Waals surface area contributed by atoms with Gasteiger partial charge in [-0.05, 0) is 49.3 Å². The van der Waals surface area contributed by atoms with Crippen LogP contribution in [-0.4, -0.2) is 12.6 Å². The molecule has 1 aromatic carbocycles. The lowest BCUT2D eigenvalue weighted by atomic mass is 9.85. The number of benzene rings is 1. The van der Waals surface area contributed by atoms with Crippen molar-refractivity contribution in [3.05, 3.63) is 46.5 Å². The van der Waals surface area contributed by atoms with Crippen molar-refractivity contribution in [2.24, 2.45) is 0 Å². The van der Waals surface area contributed by atoms with Gasteiger partial charge in [-0.1, -0.05) is 43.2 Å². The molecule has 0 heterocycles. The van der Waals surface area contributed by atoms with Gasteiger partial charge in [0.25, 0.3) is 0 Å². The molecule has 0 N–H and O–H groups in total. The lowest BCUT2D eigenvalue weighted by molar-refractivity contribution is -0.139. The van der Waals surface area contributed by atoms with E-state index in [2.05, 4.69) is 19.1 Å². The van der Waals surface area contributed by atoms with E-state index in [0.29, 0.717) is 12.5 Å². The minimum absolute atomic E-state index is 0.131. The molecule has 0 fully saturated rings. The van der Waals surface area contributed by atoms with Crippen molar-refractivity contribution in [1.82, 2.24) is 0 Å². The lowest BCUT2D eigenvalue weighted by Gasteiger charge is -2.21. The SMILES string of the molecule is CCCCOC(=O)C1=CCC(c2ccc(Cl)cc2)CC1. The molecule has 0 spiro atoms. The molecule has 108 valence electrons. The number of carbonyl (C=O) groups excluding carboxylic acids is 1. The van der Waals surface area contributed by atoms with Crippen molar-refractivity contribution in [1.29, 1.82) is 0 Å². The second-order valence-electron chi connectivity index (χ2n) is 5.24. The van der Waals surface area contributed by atoms with E-state index in [1.54, 1.807) is 0 Å². The van der Waals surface area contributed by atoms with Crippen LogP contribution < -0.4 is 0 Å². The zero-order chi connectivity index (χ0) is 14.4. The third-order valence-electron chi connectivity index (χ3n) is 3.75. The van der Waals surface area contributed by atoms with Gasteiger partial charge in [-0.3, -0.25) is 0 Å². The number of carbonyl (C=O) groups is 1. The van der Waals surface area contributed by atoms with Crippen molar-refractivity contribution < 1.29 is 9.53 Å². The number of rotatable bonds is 5. The second kappa shape index (κ2) is 7.49. The zero-order valence-corrected chi connectivity index (χ0v) is 12.7. The van der Waals surface area contributed by atoms with Gasteiger partial charge in [0.2, 0.25) is 0 Å². The van der Waals surface area contributed by atoms with E-state index in [4.69, 9.17) is 16.3 Å². The Morgan fingerprint density at radius 2 is 2.10 bits per heavy atom. The van der Waals surface area contributed by atoms with E-state index >= 15 is 0 Å². The van der Waals surface area contributed by atoms with Gasteiger partial charge >= 0.3 is 5.97 Å². The van der Waals surface area contributed by atoms with E-state index in [-0.39, 0.29) is 5.97 Å². The molecule has 0 aliphatic heterocycles. The lowest BCUT2D eigenvalue weighted by Crippen LogP contribution is -2.14. The van der Waals surface area contributed by atoms with Gasteiger partial charge in [0.05, 0.1) is 6.61 Å². The summed E-state index contributed by atoms with van der Waals surface area (Å²) in [4.78, 5) is 11.9. The molecule has 2 rings (SSSR count). The predicted molar refractivity (Wildman–Crippen MR) is 82.0 cm³/mol. The maximum atomic E-state index is 11.9. The third kappa shape index (κ3) is 4.11. The predicted octanol–water partition coefficient (Wildman–Crippen LogP) is 4.88. The molecule has 1 aromatic rings. The fraction of sp³-hybridized carbons (Fsp3) is 0.471. The van der Waals surface area contributed by atoms with Gasteiger partial charge < -0.3 is 4.74 Å². The van der Waals surface area contributed by atoms with Gasteiger partial charge in [-0.2, -0.15) is 0 Å². The Morgan fingerprint density at radius 3 is 2.70 bits per heavy atom. The first-order valence-electron chi connectivity index (χ1n) is 7.32. The first-order chi connectivity index (χ1) is 9.70. The first kappa shape index (κ1) is 15.1. The van der Waals surface area contributed by atoms with Crippen LogP contribution in [0.1, 0.15) is 50.5 Å². The van der Waals surface area contributed by atoms with Crippen LogP contribution in [0.4, 0.5) is 0 Å². The van der Waals surface area contributed by atoms with Crippen molar-refractivity contribution >= 4 is 17.6 Å². The molecule has 3 heteroatoms. The number of hydrogen-bond donors (Lipinski definition) is 0. The monoisotopic (exact) mass is 292 g/mol. The van der Waals surface area contributed by atoms with Gasteiger partial charge in [0.15, 0.2) is 0 Å². The highest BCUT2D eigenvalue weighted by atomic mass is 35.5. The summed E-state index contributed by atoms with van der Waals surface area (Å²) in [7, 11) is 0. The molecule has 0 aromatic heterocycles. The Kier molecular flexibility index (Phi) is 5.66. The molecule has 0 radical (unpaired) electrons. The van der Waals surface area contributed by atoms with Crippen LogP contribution in [0.25, 0.3) is 0 Å². The van der Waals surface area contributed by atoms with Crippen molar-refractivity contribution in [2.75, 3.05) is 6.61 Å². The number of ether oxygens (including phenoxy) is 1. The van der Waals surface area contributed by atoms with E-state index in [0.717, 1.165) is 42.7 Å². The van der Waals surface area contributed by atoms with Crippen LogP contribution >= 0.6 is 11.6 Å². The van der Waals surface area contributed by atoms with Gasteiger partial charge in [-0.25, -0.2) is 4.79 Å². The number of halogens is 1. The minimum atomic E-state index is -0.131. The van der Waals surface area contributed by atoms with Gasteiger partial charge in [-0.15, -0.1) is 0 Å². The summed E-state index contributed by atoms with van der Waals surface area (Å²) in [5, 5.41) is 0.764. The first-order valence-corrected chi connectivity index (χ1v) is 7.70. The van der Waals surface area contributed by atoms with Crippen LogP contribution in [0.2, 0.25) is 5.02 Å². The Morgan fingerprint density at radius 1 is 1.35 bits per heavy atom. The van der Waals surface area contributed by atoms with E-state index in [1.165, 1.54) is 5.56 Å². The Balaban J connectivity index is 1.89. The van der Waals surface area contributed by atoms with Crippen LogP contribution in [0, 0.1) is 0 Å². The van der Waals surface area contributed by atoms with Gasteiger partial charge in [0.1, 0.15) is 0 Å². The van der Waals surface area contributed by atoms with Crippen molar-refractivity contribution in [3.63, 3.8) is 0 Å². The maximum Gasteiger partial charge on any atom is 0.333 e. The molecule has 1 unspecified atom stereocenters. The Bertz CT molecular complexity index is 476. The second-order valence-corrected chi connectivity index (χ2v) is 5.68. The largest absolute Gasteiger partial charge is 0.462 e. The molecule has 1 aliphatic carbocycles. The number of esters is 1. The Hall–Kier alpha value is -1.28. The fourth-order valence-corrected chi connectivity index (χ4v) is 2.59.